The van der Waals surface area contributed by atoms with E-state index in [4.69, 9.17) is 35.2 Å². The average Bonchev–Trinajstić information content (AvgIpc) is 1.65. The number of H-pyrrole nitrogens is 2. The minimum Gasteiger partial charge on any atom is -0.444 e. The molecule has 758 valence electrons. The molecule has 0 saturated heterocycles. The fourth-order valence-corrected chi connectivity index (χ4v) is 13.3. The van der Waals surface area contributed by atoms with Gasteiger partial charge in [0.15, 0.2) is 46.5 Å². The van der Waals surface area contributed by atoms with Crippen LogP contribution in [-0.4, -0.2) is 215 Å². The molecule has 8 heterocycles. The number of benzene rings is 8. The molecular formula is C87H106N32O24. The Balaban J connectivity index is 0.000000201. The number of aromatic nitrogens is 16. The van der Waals surface area contributed by atoms with Crippen molar-refractivity contribution in [2.75, 3.05) is 104 Å². The number of amides is 3. The number of nitro groups is 8. The number of nitrogen functional groups attached to an aromatic ring is 2. The number of fused-ring (bicyclic) bond motifs is 8. The number of ether oxygens (including phenoxy) is 5. The molecule has 8 aromatic heterocycles. The second-order valence-corrected chi connectivity index (χ2v) is 33.6. The van der Waals surface area contributed by atoms with Crippen LogP contribution in [0.15, 0.2) is 146 Å². The molecule has 143 heavy (non-hydrogen) atoms. The number of nitro benzene ring substituents is 8. The minimum atomic E-state index is -0.669. The number of rotatable bonds is 20. The number of aryl methyl sites for hydroxylation is 6. The van der Waals surface area contributed by atoms with Crippen molar-refractivity contribution in [2.24, 2.45) is 42.3 Å². The molecule has 16 rings (SSSR count). The van der Waals surface area contributed by atoms with E-state index in [0.717, 1.165) is 44.0 Å². The molecule has 56 heteroatoms. The molecule has 0 bridgehead atoms. The second-order valence-electron chi connectivity index (χ2n) is 33.6. The lowest BCUT2D eigenvalue weighted by atomic mass is 10.2. The lowest BCUT2D eigenvalue weighted by Crippen LogP contribution is -2.34. The van der Waals surface area contributed by atoms with Gasteiger partial charge in [0.05, 0.1) is 140 Å². The summed E-state index contributed by atoms with van der Waals surface area (Å²) < 4.78 is 35.3. The molecule has 0 unspecified atom stereocenters. The Hall–Kier alpha value is -18.5. The van der Waals surface area contributed by atoms with Crippen molar-refractivity contribution in [3.05, 3.63) is 227 Å². The molecule has 0 spiro atoms. The molecule has 0 fully saturated rings. The first-order valence-corrected chi connectivity index (χ1v) is 42.1. The predicted octanol–water partition coefficient (Wildman–Crippen LogP) is 15.9. The van der Waals surface area contributed by atoms with E-state index in [-0.39, 0.29) is 70.4 Å². The predicted molar refractivity (Wildman–Crippen MR) is 535 cm³/mol. The molecule has 0 aliphatic carbocycles. The van der Waals surface area contributed by atoms with Gasteiger partial charge in [-0.05, 0) is 111 Å². The summed E-state index contributed by atoms with van der Waals surface area (Å²) in [5.74, 6) is 3.33. The van der Waals surface area contributed by atoms with Gasteiger partial charge in [-0.1, -0.05) is 7.43 Å². The molecule has 0 radical (unpaired) electrons. The number of aromatic amines is 2. The SMILES string of the molecule is C.CC(C)(C)OC(=O)Nc1n[nH]c2ccc([N+](=O)[O-])cc12.CN(C(=O)OC(C)(C)C)c1nn(C)c2ccc([N+](=O)[O-])cc12.CNc1nn(C)c2ccc([N+](=O)[O-])cc12.COCCN(C)c1nn(C)c2ccc([N+](=O)[O-])cc12.COCCNc1nn(C)c2ccc([N+](=O)[O-])cc12.Cn1nc(N)c2cc([N+](=O)[O-])ccc21.Cn1nc(NC(=O)OC(C)(C)C)c2cc([N+](=O)[O-])ccc21.Nc1n[nH]c2ccc([N+](=O)[O-])cc12. The highest BCUT2D eigenvalue weighted by Gasteiger charge is 2.28. The van der Waals surface area contributed by atoms with Crippen LogP contribution in [0.2, 0.25) is 0 Å². The average molecular weight is 1980 g/mol. The number of carbonyl (C=O) groups excluding carboxylic acids is 3. The van der Waals surface area contributed by atoms with Crippen molar-refractivity contribution < 1.29 is 77.5 Å². The normalized spacial score (nSPS) is 10.9. The van der Waals surface area contributed by atoms with Gasteiger partial charge in [-0.3, -0.25) is 135 Å². The number of methoxy groups -OCH3 is 2. The molecule has 8 aromatic carbocycles. The molecule has 0 aliphatic heterocycles. The maximum Gasteiger partial charge on any atom is 0.415 e. The van der Waals surface area contributed by atoms with Crippen LogP contribution in [0.25, 0.3) is 87.2 Å². The molecule has 16 aromatic rings. The van der Waals surface area contributed by atoms with Gasteiger partial charge in [0.1, 0.15) is 16.8 Å². The van der Waals surface area contributed by atoms with Gasteiger partial charge in [-0.25, -0.2) is 14.4 Å². The zero-order valence-corrected chi connectivity index (χ0v) is 80.4. The van der Waals surface area contributed by atoms with Gasteiger partial charge in [0, 0.05) is 188 Å². The summed E-state index contributed by atoms with van der Waals surface area (Å²) in [6.45, 7) is 18.1. The van der Waals surface area contributed by atoms with Crippen molar-refractivity contribution in [3.8, 4) is 0 Å². The van der Waals surface area contributed by atoms with Crippen LogP contribution in [0.1, 0.15) is 69.7 Å². The van der Waals surface area contributed by atoms with Gasteiger partial charge < -0.3 is 50.7 Å². The number of likely N-dealkylation sites (N-methyl/N-ethyl adjacent to an activating group) is 1. The van der Waals surface area contributed by atoms with Gasteiger partial charge >= 0.3 is 18.3 Å². The summed E-state index contributed by atoms with van der Waals surface area (Å²) in [5.41, 5.74) is 15.2. The lowest BCUT2D eigenvalue weighted by molar-refractivity contribution is -0.384. The Labute approximate surface area is 810 Å². The summed E-state index contributed by atoms with van der Waals surface area (Å²) in [5, 5.41) is 140. The van der Waals surface area contributed by atoms with Gasteiger partial charge in [0.2, 0.25) is 0 Å². The summed E-state index contributed by atoms with van der Waals surface area (Å²) in [7, 11) is 19.0. The van der Waals surface area contributed by atoms with Crippen LogP contribution >= 0.6 is 0 Å². The Morgan fingerprint density at radius 1 is 0.371 bits per heavy atom. The van der Waals surface area contributed by atoms with Crippen molar-refractivity contribution in [2.45, 2.75) is 86.5 Å². The Morgan fingerprint density at radius 2 is 0.671 bits per heavy atom. The van der Waals surface area contributed by atoms with E-state index < -0.39 is 74.5 Å². The molecule has 0 atom stereocenters. The topological polar surface area (TPSA) is 713 Å². The number of nitrogens with two attached hydrogens (primary N) is 2. The summed E-state index contributed by atoms with van der Waals surface area (Å²) in [6, 6.07) is 36.0. The first-order valence-electron chi connectivity index (χ1n) is 42.1. The van der Waals surface area contributed by atoms with E-state index in [1.54, 1.807) is 191 Å². The number of nitrogens with zero attached hydrogens (tertiary/aromatic N) is 24. The fourth-order valence-electron chi connectivity index (χ4n) is 13.3. The van der Waals surface area contributed by atoms with Crippen molar-refractivity contribution in [1.29, 1.82) is 0 Å². The summed E-state index contributed by atoms with van der Waals surface area (Å²) in [4.78, 5) is 121. The third kappa shape index (κ3) is 28.3. The first kappa shape index (κ1) is 110. The van der Waals surface area contributed by atoms with Crippen LogP contribution in [0.5, 0.6) is 0 Å². The maximum absolute atomic E-state index is 12.2. The largest absolute Gasteiger partial charge is 0.444 e. The number of hydrogen-bond acceptors (Lipinski definition) is 37. The van der Waals surface area contributed by atoms with Crippen molar-refractivity contribution >= 4 is 198 Å². The molecule has 56 nitrogen and oxygen atoms in total. The monoisotopic (exact) mass is 1980 g/mol. The second kappa shape index (κ2) is 46.5. The van der Waals surface area contributed by atoms with E-state index in [9.17, 15) is 95.3 Å². The van der Waals surface area contributed by atoms with Gasteiger partial charge in [-0.2, -0.15) is 40.8 Å². The smallest absolute Gasteiger partial charge is 0.415 e. The lowest BCUT2D eigenvalue weighted by Gasteiger charge is -2.23. The number of hydrogen-bond donors (Lipinski definition) is 8. The highest BCUT2D eigenvalue weighted by molar-refractivity contribution is 6.02. The maximum atomic E-state index is 12.2. The minimum absolute atomic E-state index is 0. The Kier molecular flexibility index (Phi) is 35.7. The molecule has 3 amide bonds. The third-order valence-electron chi connectivity index (χ3n) is 19.9. The molecule has 10 N–H and O–H groups in total. The van der Waals surface area contributed by atoms with Crippen molar-refractivity contribution in [1.82, 2.24) is 79.1 Å². The summed E-state index contributed by atoms with van der Waals surface area (Å²) >= 11 is 0. The van der Waals surface area contributed by atoms with Gasteiger partial charge in [0.25, 0.3) is 45.5 Å². The Bertz CT molecular complexity index is 7440. The third-order valence-corrected chi connectivity index (χ3v) is 19.9. The quantitative estimate of drug-likeness (QED) is 0.0152. The van der Waals surface area contributed by atoms with Crippen molar-refractivity contribution in [3.63, 3.8) is 0 Å². The first-order chi connectivity index (χ1) is 66.6. The van der Waals surface area contributed by atoms with Crippen LogP contribution in [0.4, 0.5) is 106 Å². The highest BCUT2D eigenvalue weighted by atomic mass is 16.7. The molecule has 0 aliphatic rings. The van der Waals surface area contributed by atoms with E-state index in [2.05, 4.69) is 72.3 Å². The standard InChI is InChI=1S/C14H18N4O4.C13H16N4O4.C12H14N4O4.C12H16N4O3.C11H14N4O3.C9H10N4O2.C8H8N4O2.C7H6N4O2.CH4/c1-14(2,3)22-13(19)16(4)12-10-8-9(18(20)21)6-7-11(10)17(5)15-12;1-13(2,3)21-12(18)14-11-9-7-8(17(19)20)5-6-10(9)16(4)15-11;1-12(2,3)20-11(17)13-10-8-6-7(16(18)19)4-5-9(8)14-15-10;1-14(6-7-19-3)12-10-8-9(16(17)18)4-5-11(10)15(2)13-12;1-14-10-4-3-8(15(16)17)7-9(10)11(13-14)12-5-6-18-2;1-10-9-7-5-6(13(14)15)3-4-8(7)12(2)11-9;1-11-7-3-2-5(12(13)14)4-6(7)8(9)10-11;8-7-5-3-4(11(12)13)1-2-6(5)9-10-7;/h6-8H,1-5H3;5-7H,1-4H3,(H,14,15,18);4-6H,1-3H3,(H2,13,14,15,17);4-5,8H,6-7H2,1-3H3;3-4,7H,5-6H2,1-2H3,(H,12,13);3-5H,1-2H3,(H,10,11);2-4H,1H3,(H2,9,10);1-3H,(H3,8,9,10);1H4. The van der Waals surface area contributed by atoms with E-state index >= 15 is 0 Å². The summed E-state index contributed by atoms with van der Waals surface area (Å²) in [6.07, 6.45) is -1.90. The number of non-ortho nitro benzene ring substituents is 8. The zero-order valence-electron chi connectivity index (χ0n) is 80.4. The van der Waals surface area contributed by atoms with Crippen LogP contribution in [0.3, 0.4) is 0 Å². The van der Waals surface area contributed by atoms with Crippen LogP contribution < -0.4 is 42.5 Å². The molecule has 0 saturated carbocycles. The Morgan fingerprint density at radius 3 is 1.07 bits per heavy atom. The fraction of sp³-hybridized carbons (Fsp3) is 0.322. The van der Waals surface area contributed by atoms with Crippen LogP contribution in [-0.2, 0) is 66.0 Å². The zero-order chi connectivity index (χ0) is 105. The van der Waals surface area contributed by atoms with E-state index in [0.29, 0.717) is 98.6 Å². The van der Waals surface area contributed by atoms with E-state index in [1.165, 1.54) is 114 Å². The molecular weight excluding hydrogens is 1880 g/mol. The van der Waals surface area contributed by atoms with Crippen LogP contribution in [0, 0.1) is 80.9 Å². The number of nitrogens with one attached hydrogen (secondary N) is 6. The number of anilines is 8. The van der Waals surface area contributed by atoms with Gasteiger partial charge in [-0.15, -0.1) is 0 Å². The number of carbonyl (C=O) groups is 3. The van der Waals surface area contributed by atoms with E-state index in [1.807, 2.05) is 19.0 Å². The highest BCUT2D eigenvalue weighted by Crippen LogP contribution is 2.36.